The van der Waals surface area contributed by atoms with Crippen LogP contribution in [0.25, 0.3) is 0 Å². The molecule has 0 unspecified atom stereocenters. The van der Waals surface area contributed by atoms with Crippen molar-refractivity contribution in [1.82, 2.24) is 4.98 Å². The molecule has 0 spiro atoms. The van der Waals surface area contributed by atoms with Crippen molar-refractivity contribution in [2.24, 2.45) is 5.73 Å². The number of aromatic carboxylic acids is 1. The molecule has 0 fully saturated rings. The number of nitrogens with one attached hydrogen (secondary N) is 1. The standard InChI is InChI=1S/C7H8N2O3/c8-3-4-1-5(10)2-6(9-4)7(11)12/h1-2H,3,8H2,(H,9,10)(H,11,12). The molecule has 0 amide bonds. The highest BCUT2D eigenvalue weighted by Crippen LogP contribution is 1.93. The van der Waals surface area contributed by atoms with Crippen LogP contribution >= 0.6 is 0 Å². The van der Waals surface area contributed by atoms with Crippen LogP contribution in [0, 0.1) is 0 Å². The second-order valence-corrected chi connectivity index (χ2v) is 2.26. The number of nitrogens with two attached hydrogens (primary N) is 1. The summed E-state index contributed by atoms with van der Waals surface area (Å²) >= 11 is 0. The zero-order valence-electron chi connectivity index (χ0n) is 6.20. The van der Waals surface area contributed by atoms with E-state index in [1.54, 1.807) is 0 Å². The van der Waals surface area contributed by atoms with Gasteiger partial charge in [-0.3, -0.25) is 4.79 Å². The lowest BCUT2D eigenvalue weighted by Crippen LogP contribution is -2.12. The molecule has 1 rings (SSSR count). The van der Waals surface area contributed by atoms with Crippen LogP contribution in [0.4, 0.5) is 0 Å². The van der Waals surface area contributed by atoms with E-state index in [4.69, 9.17) is 10.8 Å². The van der Waals surface area contributed by atoms with Crippen LogP contribution in [0.15, 0.2) is 16.9 Å². The van der Waals surface area contributed by atoms with Gasteiger partial charge in [-0.05, 0) is 0 Å². The molecule has 0 saturated carbocycles. The average molecular weight is 168 g/mol. The molecule has 64 valence electrons. The van der Waals surface area contributed by atoms with Gasteiger partial charge in [0.05, 0.1) is 0 Å². The van der Waals surface area contributed by atoms with Gasteiger partial charge in [0, 0.05) is 24.4 Å². The second-order valence-electron chi connectivity index (χ2n) is 2.26. The number of pyridine rings is 1. The van der Waals surface area contributed by atoms with Gasteiger partial charge in [-0.25, -0.2) is 4.79 Å². The summed E-state index contributed by atoms with van der Waals surface area (Å²) in [4.78, 5) is 23.8. The van der Waals surface area contributed by atoms with Crippen molar-refractivity contribution in [1.29, 1.82) is 0 Å². The van der Waals surface area contributed by atoms with Crippen molar-refractivity contribution in [2.75, 3.05) is 0 Å². The van der Waals surface area contributed by atoms with Gasteiger partial charge in [0.2, 0.25) is 0 Å². The second kappa shape index (κ2) is 3.19. The highest BCUT2D eigenvalue weighted by Gasteiger charge is 2.04. The van der Waals surface area contributed by atoms with Gasteiger partial charge in [0.15, 0.2) is 5.43 Å². The van der Waals surface area contributed by atoms with Gasteiger partial charge in [-0.1, -0.05) is 0 Å². The van der Waals surface area contributed by atoms with E-state index >= 15 is 0 Å². The molecule has 1 aromatic heterocycles. The maximum atomic E-state index is 10.8. The molecule has 0 aliphatic heterocycles. The van der Waals surface area contributed by atoms with Gasteiger partial charge in [-0.2, -0.15) is 0 Å². The Labute approximate surface area is 67.8 Å². The summed E-state index contributed by atoms with van der Waals surface area (Å²) < 4.78 is 0. The predicted octanol–water partition coefficient (Wildman–Crippen LogP) is -0.468. The summed E-state index contributed by atoms with van der Waals surface area (Å²) in [6.45, 7) is 0.121. The number of aromatic amines is 1. The first-order valence-corrected chi connectivity index (χ1v) is 3.30. The third-order valence-corrected chi connectivity index (χ3v) is 1.35. The van der Waals surface area contributed by atoms with E-state index in [0.29, 0.717) is 5.69 Å². The molecule has 0 aliphatic carbocycles. The van der Waals surface area contributed by atoms with Crippen LogP contribution in [0.5, 0.6) is 0 Å². The Morgan fingerprint density at radius 1 is 1.58 bits per heavy atom. The predicted molar refractivity (Wildman–Crippen MR) is 41.9 cm³/mol. The number of rotatable bonds is 2. The number of hydrogen-bond donors (Lipinski definition) is 3. The minimum Gasteiger partial charge on any atom is -0.477 e. The zero-order valence-corrected chi connectivity index (χ0v) is 6.20. The van der Waals surface area contributed by atoms with Crippen LogP contribution in [0.1, 0.15) is 16.2 Å². The minimum atomic E-state index is -1.16. The number of carbonyl (C=O) groups is 1. The highest BCUT2D eigenvalue weighted by molar-refractivity contribution is 5.85. The Hall–Kier alpha value is -1.62. The maximum absolute atomic E-state index is 10.8. The summed E-state index contributed by atoms with van der Waals surface area (Å²) in [5.41, 5.74) is 5.15. The van der Waals surface area contributed by atoms with Gasteiger partial charge in [-0.15, -0.1) is 0 Å². The first-order valence-electron chi connectivity index (χ1n) is 3.30. The number of aromatic nitrogens is 1. The van der Waals surface area contributed by atoms with Gasteiger partial charge in [0.25, 0.3) is 0 Å². The van der Waals surface area contributed by atoms with Crippen molar-refractivity contribution in [2.45, 2.75) is 6.54 Å². The first-order chi connectivity index (χ1) is 5.63. The third kappa shape index (κ3) is 1.70. The van der Waals surface area contributed by atoms with Gasteiger partial charge < -0.3 is 15.8 Å². The molecule has 0 bridgehead atoms. The fourth-order valence-electron chi connectivity index (χ4n) is 0.826. The van der Waals surface area contributed by atoms with E-state index < -0.39 is 5.97 Å². The number of carboxylic acid groups (broad SMARTS) is 1. The van der Waals surface area contributed by atoms with E-state index in [1.807, 2.05) is 0 Å². The quantitative estimate of drug-likeness (QED) is 0.556. The highest BCUT2D eigenvalue weighted by atomic mass is 16.4. The average Bonchev–Trinajstić information content (AvgIpc) is 2.03. The van der Waals surface area contributed by atoms with Crippen molar-refractivity contribution in [3.8, 4) is 0 Å². The lowest BCUT2D eigenvalue weighted by Gasteiger charge is -1.98. The van der Waals surface area contributed by atoms with Crippen LogP contribution in [-0.4, -0.2) is 16.1 Å². The lowest BCUT2D eigenvalue weighted by atomic mass is 10.3. The Balaban J connectivity index is 3.24. The molecule has 0 aromatic carbocycles. The molecule has 5 nitrogen and oxygen atoms in total. The van der Waals surface area contributed by atoms with Crippen molar-refractivity contribution in [3.63, 3.8) is 0 Å². The summed E-state index contributed by atoms with van der Waals surface area (Å²) in [7, 11) is 0. The number of H-pyrrole nitrogens is 1. The number of carboxylic acids is 1. The summed E-state index contributed by atoms with van der Waals surface area (Å²) in [5, 5.41) is 8.52. The van der Waals surface area contributed by atoms with Crippen molar-refractivity contribution in [3.05, 3.63) is 33.7 Å². The van der Waals surface area contributed by atoms with Crippen molar-refractivity contribution >= 4 is 5.97 Å². The molecule has 0 aliphatic rings. The smallest absolute Gasteiger partial charge is 0.352 e. The van der Waals surface area contributed by atoms with Gasteiger partial charge >= 0.3 is 5.97 Å². The Kier molecular flexibility index (Phi) is 2.25. The minimum absolute atomic E-state index is 0.121. The molecule has 0 radical (unpaired) electrons. The van der Waals surface area contributed by atoms with Gasteiger partial charge in [0.1, 0.15) is 5.69 Å². The number of hydrogen-bond acceptors (Lipinski definition) is 3. The maximum Gasteiger partial charge on any atom is 0.352 e. The normalized spacial score (nSPS) is 9.75. The SMILES string of the molecule is NCc1cc(=O)cc(C(=O)O)[nH]1. The largest absolute Gasteiger partial charge is 0.477 e. The molecule has 1 heterocycles. The van der Waals surface area contributed by atoms with Crippen LogP contribution in [0.2, 0.25) is 0 Å². The molecular weight excluding hydrogens is 160 g/mol. The van der Waals surface area contributed by atoms with Crippen LogP contribution in [0.3, 0.4) is 0 Å². The monoisotopic (exact) mass is 168 g/mol. The van der Waals surface area contributed by atoms with E-state index in [9.17, 15) is 9.59 Å². The zero-order chi connectivity index (χ0) is 9.14. The summed E-state index contributed by atoms with van der Waals surface area (Å²) in [6, 6.07) is 2.29. The summed E-state index contributed by atoms with van der Waals surface area (Å²) in [5.74, 6) is -1.16. The molecule has 5 heteroatoms. The first kappa shape index (κ1) is 8.48. The molecule has 0 atom stereocenters. The Bertz CT molecular complexity index is 356. The fraction of sp³-hybridized carbons (Fsp3) is 0.143. The lowest BCUT2D eigenvalue weighted by molar-refractivity contribution is 0.0690. The molecule has 12 heavy (non-hydrogen) atoms. The molecule has 1 aromatic rings. The van der Waals surface area contributed by atoms with Crippen LogP contribution in [-0.2, 0) is 6.54 Å². The van der Waals surface area contributed by atoms with E-state index in [1.165, 1.54) is 6.07 Å². The van der Waals surface area contributed by atoms with E-state index in [-0.39, 0.29) is 17.7 Å². The Morgan fingerprint density at radius 3 is 2.75 bits per heavy atom. The Morgan fingerprint density at radius 2 is 2.25 bits per heavy atom. The van der Waals surface area contributed by atoms with E-state index in [2.05, 4.69) is 4.98 Å². The molecule has 0 saturated heterocycles. The summed E-state index contributed by atoms with van der Waals surface area (Å²) in [6.07, 6.45) is 0. The topological polar surface area (TPSA) is 96.2 Å². The van der Waals surface area contributed by atoms with E-state index in [0.717, 1.165) is 6.07 Å². The fourth-order valence-corrected chi connectivity index (χ4v) is 0.826. The van der Waals surface area contributed by atoms with Crippen molar-refractivity contribution < 1.29 is 9.90 Å². The molecular formula is C7H8N2O3. The third-order valence-electron chi connectivity index (χ3n) is 1.35. The molecule has 4 N–H and O–H groups in total. The van der Waals surface area contributed by atoms with Crippen LogP contribution < -0.4 is 11.2 Å².